The summed E-state index contributed by atoms with van der Waals surface area (Å²) in [5.41, 5.74) is 4.14. The van der Waals surface area contributed by atoms with E-state index in [-0.39, 0.29) is 12.5 Å². The van der Waals surface area contributed by atoms with E-state index < -0.39 is 18.0 Å². The van der Waals surface area contributed by atoms with Crippen LogP contribution in [0.2, 0.25) is 0 Å². The smallest absolute Gasteiger partial charge is 0.326 e. The van der Waals surface area contributed by atoms with Gasteiger partial charge in [-0.1, -0.05) is 48.0 Å². The fraction of sp³-hybridized carbons (Fsp3) is 0.240. The summed E-state index contributed by atoms with van der Waals surface area (Å²) in [7, 11) is 0. The van der Waals surface area contributed by atoms with Crippen molar-refractivity contribution in [3.8, 4) is 0 Å². The molecule has 2 amide bonds. The van der Waals surface area contributed by atoms with Crippen LogP contribution >= 0.6 is 0 Å². The fourth-order valence-corrected chi connectivity index (χ4v) is 3.48. The number of carbonyl (C=O) groups is 3. The maximum Gasteiger partial charge on any atom is 0.326 e. The van der Waals surface area contributed by atoms with Crippen molar-refractivity contribution in [3.05, 3.63) is 76.9 Å². The summed E-state index contributed by atoms with van der Waals surface area (Å²) in [5, 5.41) is 7.31. The Labute approximate surface area is 181 Å². The maximum atomic E-state index is 12.4. The molecule has 0 heterocycles. The zero-order chi connectivity index (χ0) is 22.5. The summed E-state index contributed by atoms with van der Waals surface area (Å²) in [5.74, 6) is -1.50. The Morgan fingerprint density at radius 1 is 0.903 bits per heavy atom. The number of fused-ring (bicyclic) bond motifs is 1. The first-order valence-corrected chi connectivity index (χ1v) is 10.1. The second-order valence-corrected chi connectivity index (χ2v) is 7.64. The predicted octanol–water partition coefficient (Wildman–Crippen LogP) is 4.07. The van der Waals surface area contributed by atoms with E-state index in [0.29, 0.717) is 11.3 Å². The number of hydrogen-bond acceptors (Lipinski definition) is 4. The topological polar surface area (TPSA) is 84.5 Å². The van der Waals surface area contributed by atoms with Crippen LogP contribution in [0, 0.1) is 20.8 Å². The van der Waals surface area contributed by atoms with E-state index in [1.165, 1.54) is 6.92 Å². The van der Waals surface area contributed by atoms with Crippen LogP contribution in [0.5, 0.6) is 0 Å². The highest BCUT2D eigenvalue weighted by Crippen LogP contribution is 2.22. The van der Waals surface area contributed by atoms with Crippen molar-refractivity contribution in [2.75, 3.05) is 11.9 Å². The molecule has 3 aromatic carbocycles. The van der Waals surface area contributed by atoms with Crippen LogP contribution in [-0.4, -0.2) is 30.4 Å². The van der Waals surface area contributed by atoms with Gasteiger partial charge < -0.3 is 15.4 Å². The number of ether oxygens (including phenoxy) is 1. The third-order valence-electron chi connectivity index (χ3n) is 5.01. The molecular weight excluding hydrogens is 392 g/mol. The van der Waals surface area contributed by atoms with Gasteiger partial charge in [0.05, 0.1) is 0 Å². The first kappa shape index (κ1) is 22.0. The molecule has 0 aliphatic heterocycles. The minimum absolute atomic E-state index is 0.328. The second-order valence-electron chi connectivity index (χ2n) is 7.64. The van der Waals surface area contributed by atoms with E-state index >= 15 is 0 Å². The van der Waals surface area contributed by atoms with Crippen LogP contribution in [0.4, 0.5) is 5.69 Å². The van der Waals surface area contributed by atoms with Gasteiger partial charge in [-0.05, 0) is 61.7 Å². The highest BCUT2D eigenvalue weighted by molar-refractivity contribution is 6.00. The van der Waals surface area contributed by atoms with Gasteiger partial charge in [-0.25, -0.2) is 0 Å². The van der Waals surface area contributed by atoms with Crippen LogP contribution < -0.4 is 10.6 Å². The fourth-order valence-electron chi connectivity index (χ4n) is 3.48. The number of anilines is 1. The van der Waals surface area contributed by atoms with Crippen molar-refractivity contribution in [2.45, 2.75) is 33.8 Å². The van der Waals surface area contributed by atoms with Gasteiger partial charge in [-0.3, -0.25) is 14.4 Å². The van der Waals surface area contributed by atoms with Gasteiger partial charge in [0, 0.05) is 11.3 Å². The maximum absolute atomic E-state index is 12.4. The zero-order valence-electron chi connectivity index (χ0n) is 18.1. The van der Waals surface area contributed by atoms with Crippen LogP contribution in [0.25, 0.3) is 10.8 Å². The summed E-state index contributed by atoms with van der Waals surface area (Å²) in [6.45, 7) is 6.98. The number of benzene rings is 3. The largest absolute Gasteiger partial charge is 0.451 e. The standard InChI is InChI=1S/C25H26N2O4/c1-15-11-16(2)23(17(3)12-15)27-24(29)18(4)31-22(28)14-26-25(30)21-10-9-19-7-5-6-8-20(19)13-21/h5-13,18H,14H2,1-4H3,(H,26,30)(H,27,29)/t18-/m1/s1. The van der Waals surface area contributed by atoms with Crippen LogP contribution in [0.3, 0.4) is 0 Å². The summed E-state index contributed by atoms with van der Waals surface area (Å²) in [6, 6.07) is 17.0. The number of aryl methyl sites for hydroxylation is 3. The van der Waals surface area contributed by atoms with Crippen molar-refractivity contribution >= 4 is 34.2 Å². The molecule has 0 unspecified atom stereocenters. The molecule has 0 aliphatic rings. The lowest BCUT2D eigenvalue weighted by atomic mass is 10.0. The monoisotopic (exact) mass is 418 g/mol. The quantitative estimate of drug-likeness (QED) is 0.591. The molecule has 0 spiro atoms. The number of nitrogens with one attached hydrogen (secondary N) is 2. The van der Waals surface area contributed by atoms with E-state index in [4.69, 9.17) is 4.74 Å². The van der Waals surface area contributed by atoms with Crippen LogP contribution in [0.15, 0.2) is 54.6 Å². The Hall–Kier alpha value is -3.67. The molecule has 0 fully saturated rings. The molecule has 3 aromatic rings. The molecular formula is C25H26N2O4. The molecule has 160 valence electrons. The number of esters is 1. The van der Waals surface area contributed by atoms with E-state index in [9.17, 15) is 14.4 Å². The minimum Gasteiger partial charge on any atom is -0.451 e. The van der Waals surface area contributed by atoms with E-state index in [0.717, 1.165) is 27.5 Å². The Balaban J connectivity index is 1.53. The van der Waals surface area contributed by atoms with Gasteiger partial charge in [0.15, 0.2) is 6.10 Å². The molecule has 1 atom stereocenters. The highest BCUT2D eigenvalue weighted by atomic mass is 16.5. The average molecular weight is 418 g/mol. The Kier molecular flexibility index (Phi) is 6.70. The van der Waals surface area contributed by atoms with Crippen molar-refractivity contribution in [2.24, 2.45) is 0 Å². The summed E-state index contributed by atoms with van der Waals surface area (Å²) < 4.78 is 5.18. The molecule has 0 aliphatic carbocycles. The Morgan fingerprint density at radius 3 is 2.23 bits per heavy atom. The van der Waals surface area contributed by atoms with Crippen molar-refractivity contribution in [1.82, 2.24) is 5.32 Å². The third-order valence-corrected chi connectivity index (χ3v) is 5.01. The summed E-state index contributed by atoms with van der Waals surface area (Å²) in [4.78, 5) is 36.9. The molecule has 31 heavy (non-hydrogen) atoms. The number of carbonyl (C=O) groups excluding carboxylic acids is 3. The zero-order valence-corrected chi connectivity index (χ0v) is 18.1. The molecule has 3 rings (SSSR count). The van der Waals surface area contributed by atoms with Gasteiger partial charge >= 0.3 is 5.97 Å². The van der Waals surface area contributed by atoms with E-state index in [2.05, 4.69) is 10.6 Å². The molecule has 0 radical (unpaired) electrons. The Morgan fingerprint density at radius 2 is 1.55 bits per heavy atom. The molecule has 6 heteroatoms. The molecule has 0 bridgehead atoms. The Bertz CT molecular complexity index is 1130. The second kappa shape index (κ2) is 9.43. The predicted molar refractivity (Wildman–Crippen MR) is 121 cm³/mol. The van der Waals surface area contributed by atoms with Crippen LogP contribution in [-0.2, 0) is 14.3 Å². The average Bonchev–Trinajstić information content (AvgIpc) is 2.73. The first-order chi connectivity index (χ1) is 14.7. The summed E-state index contributed by atoms with van der Waals surface area (Å²) in [6.07, 6.45) is -0.995. The molecule has 6 nitrogen and oxygen atoms in total. The van der Waals surface area contributed by atoms with Gasteiger partial charge in [-0.2, -0.15) is 0 Å². The molecule has 0 saturated carbocycles. The lowest BCUT2D eigenvalue weighted by molar-refractivity contribution is -0.152. The van der Waals surface area contributed by atoms with E-state index in [1.54, 1.807) is 12.1 Å². The van der Waals surface area contributed by atoms with Gasteiger partial charge in [0.1, 0.15) is 6.54 Å². The SMILES string of the molecule is Cc1cc(C)c(NC(=O)[C@@H](C)OC(=O)CNC(=O)c2ccc3ccccc3c2)c(C)c1. The van der Waals surface area contributed by atoms with Gasteiger partial charge in [0.25, 0.3) is 11.8 Å². The van der Waals surface area contributed by atoms with Gasteiger partial charge in [0.2, 0.25) is 0 Å². The van der Waals surface area contributed by atoms with Gasteiger partial charge in [-0.15, -0.1) is 0 Å². The third kappa shape index (κ3) is 5.48. The molecule has 0 aromatic heterocycles. The lowest BCUT2D eigenvalue weighted by Crippen LogP contribution is -2.36. The number of rotatable bonds is 6. The van der Waals surface area contributed by atoms with Crippen molar-refractivity contribution in [1.29, 1.82) is 0 Å². The first-order valence-electron chi connectivity index (χ1n) is 10.1. The molecule has 2 N–H and O–H groups in total. The van der Waals surface area contributed by atoms with E-state index in [1.807, 2.05) is 63.2 Å². The minimum atomic E-state index is -0.995. The lowest BCUT2D eigenvalue weighted by Gasteiger charge is -2.17. The normalized spacial score (nSPS) is 11.6. The molecule has 0 saturated heterocycles. The van der Waals surface area contributed by atoms with Crippen LogP contribution in [0.1, 0.15) is 34.0 Å². The number of hydrogen-bond donors (Lipinski definition) is 2. The van der Waals surface area contributed by atoms with Crippen molar-refractivity contribution in [3.63, 3.8) is 0 Å². The summed E-state index contributed by atoms with van der Waals surface area (Å²) >= 11 is 0. The number of amides is 2. The van der Waals surface area contributed by atoms with Crippen molar-refractivity contribution < 1.29 is 19.1 Å². The highest BCUT2D eigenvalue weighted by Gasteiger charge is 2.20.